The molecule has 1 fully saturated rings. The van der Waals surface area contributed by atoms with E-state index in [1.807, 2.05) is 0 Å². The van der Waals surface area contributed by atoms with Gasteiger partial charge in [0.05, 0.1) is 0 Å². The quantitative estimate of drug-likeness (QED) is 0.644. The Morgan fingerprint density at radius 1 is 0.857 bits per heavy atom. The van der Waals surface area contributed by atoms with E-state index >= 15 is 0 Å². The molecule has 21 heavy (non-hydrogen) atoms. The van der Waals surface area contributed by atoms with Crippen LogP contribution in [0.5, 0.6) is 0 Å². The summed E-state index contributed by atoms with van der Waals surface area (Å²) in [4.78, 5) is 0. The van der Waals surface area contributed by atoms with Gasteiger partial charge in [0.2, 0.25) is 0 Å². The fraction of sp³-hybridized carbons (Fsp3) is 0.250. The molecular formula is C16H13F4N. The number of hydrogen-bond donors (Lipinski definition) is 1. The molecule has 0 unspecified atom stereocenters. The molecule has 0 spiro atoms. The van der Waals surface area contributed by atoms with Gasteiger partial charge in [-0.2, -0.15) is 0 Å². The molecule has 1 aliphatic carbocycles. The minimum Gasteiger partial charge on any atom is -0.382 e. The summed E-state index contributed by atoms with van der Waals surface area (Å²) < 4.78 is 51.9. The highest BCUT2D eigenvalue weighted by molar-refractivity contribution is 5.46. The van der Waals surface area contributed by atoms with Crippen molar-refractivity contribution in [2.24, 2.45) is 0 Å². The summed E-state index contributed by atoms with van der Waals surface area (Å²) in [7, 11) is 0. The second kappa shape index (κ2) is 5.39. The Hall–Kier alpha value is -2.04. The summed E-state index contributed by atoms with van der Waals surface area (Å²) in [5, 5.41) is 2.98. The van der Waals surface area contributed by atoms with Crippen LogP contribution in [-0.4, -0.2) is 6.04 Å². The molecule has 0 aromatic heterocycles. The molecule has 0 bridgehead atoms. The van der Waals surface area contributed by atoms with Gasteiger partial charge in [0, 0.05) is 23.9 Å². The topological polar surface area (TPSA) is 12.0 Å². The summed E-state index contributed by atoms with van der Waals surface area (Å²) in [5.41, 5.74) is 1.28. The van der Waals surface area contributed by atoms with Crippen molar-refractivity contribution in [1.29, 1.82) is 0 Å². The van der Waals surface area contributed by atoms with Crippen molar-refractivity contribution in [2.45, 2.75) is 24.8 Å². The monoisotopic (exact) mass is 295 g/mol. The summed E-state index contributed by atoms with van der Waals surface area (Å²) in [6.07, 6.45) is 1.57. The van der Waals surface area contributed by atoms with Gasteiger partial charge >= 0.3 is 0 Å². The first kappa shape index (κ1) is 13.9. The van der Waals surface area contributed by atoms with Gasteiger partial charge in [-0.3, -0.25) is 0 Å². The second-order valence-corrected chi connectivity index (χ2v) is 5.32. The third kappa shape index (κ3) is 2.86. The summed E-state index contributed by atoms with van der Waals surface area (Å²) in [5.74, 6) is -3.83. The average molecular weight is 295 g/mol. The largest absolute Gasteiger partial charge is 0.382 e. The molecule has 2 aromatic rings. The zero-order valence-corrected chi connectivity index (χ0v) is 11.0. The number of hydrogen-bond acceptors (Lipinski definition) is 1. The standard InChI is InChI=1S/C16H13F4N/c17-11-3-1-9(2-4-11)10-5-12(6-10)21-13-7-14(18)16(20)15(19)8-13/h1-4,7-8,10,12,21H,5-6H2. The Labute approximate surface area is 119 Å². The molecule has 0 heterocycles. The first-order chi connectivity index (χ1) is 10.0. The molecule has 1 saturated carbocycles. The smallest absolute Gasteiger partial charge is 0.194 e. The van der Waals surface area contributed by atoms with Gasteiger partial charge in [-0.25, -0.2) is 17.6 Å². The van der Waals surface area contributed by atoms with E-state index in [9.17, 15) is 17.6 Å². The second-order valence-electron chi connectivity index (χ2n) is 5.32. The van der Waals surface area contributed by atoms with Crippen molar-refractivity contribution >= 4 is 5.69 Å². The number of rotatable bonds is 3. The highest BCUT2D eigenvalue weighted by Crippen LogP contribution is 2.38. The van der Waals surface area contributed by atoms with Crippen molar-refractivity contribution in [3.8, 4) is 0 Å². The maximum atomic E-state index is 13.1. The maximum Gasteiger partial charge on any atom is 0.194 e. The number of halogens is 4. The fourth-order valence-corrected chi connectivity index (χ4v) is 2.62. The Morgan fingerprint density at radius 2 is 1.43 bits per heavy atom. The Balaban J connectivity index is 1.61. The van der Waals surface area contributed by atoms with Crippen LogP contribution < -0.4 is 5.32 Å². The summed E-state index contributed by atoms with van der Waals surface area (Å²) in [6, 6.07) is 8.29. The van der Waals surface area contributed by atoms with Crippen LogP contribution in [0.1, 0.15) is 24.3 Å². The van der Waals surface area contributed by atoms with Crippen LogP contribution >= 0.6 is 0 Å². The summed E-state index contributed by atoms with van der Waals surface area (Å²) >= 11 is 0. The van der Waals surface area contributed by atoms with Crippen molar-refractivity contribution < 1.29 is 17.6 Å². The molecule has 0 amide bonds. The van der Waals surface area contributed by atoms with Gasteiger partial charge in [-0.15, -0.1) is 0 Å². The van der Waals surface area contributed by atoms with Crippen LogP contribution in [0.3, 0.4) is 0 Å². The molecule has 2 aromatic carbocycles. The molecule has 110 valence electrons. The van der Waals surface area contributed by atoms with E-state index in [-0.39, 0.29) is 17.5 Å². The first-order valence-corrected chi connectivity index (χ1v) is 6.69. The predicted octanol–water partition coefficient (Wildman–Crippen LogP) is 4.60. The van der Waals surface area contributed by atoms with Crippen LogP contribution in [-0.2, 0) is 0 Å². The lowest BCUT2D eigenvalue weighted by molar-refractivity contribution is 0.373. The van der Waals surface area contributed by atoms with Gasteiger partial charge in [-0.05, 0) is 36.5 Å². The number of nitrogens with one attached hydrogen (secondary N) is 1. The molecular weight excluding hydrogens is 282 g/mol. The van der Waals surface area contributed by atoms with Gasteiger partial charge in [0.1, 0.15) is 5.82 Å². The molecule has 3 rings (SSSR count). The van der Waals surface area contributed by atoms with E-state index in [4.69, 9.17) is 0 Å². The molecule has 1 nitrogen and oxygen atoms in total. The van der Waals surface area contributed by atoms with Crippen LogP contribution in [0.4, 0.5) is 23.2 Å². The number of benzene rings is 2. The van der Waals surface area contributed by atoms with Crippen molar-refractivity contribution in [2.75, 3.05) is 5.32 Å². The van der Waals surface area contributed by atoms with Gasteiger partial charge in [0.15, 0.2) is 17.5 Å². The highest BCUT2D eigenvalue weighted by atomic mass is 19.2. The lowest BCUT2D eigenvalue weighted by atomic mass is 9.76. The Morgan fingerprint density at radius 3 is 2.00 bits per heavy atom. The van der Waals surface area contributed by atoms with Gasteiger partial charge < -0.3 is 5.32 Å². The normalized spacial score (nSPS) is 21.0. The average Bonchev–Trinajstić information content (AvgIpc) is 2.41. The Kier molecular flexibility index (Phi) is 3.57. The third-order valence-electron chi connectivity index (χ3n) is 3.83. The maximum absolute atomic E-state index is 13.1. The summed E-state index contributed by atoms with van der Waals surface area (Å²) in [6.45, 7) is 0. The van der Waals surface area contributed by atoms with Crippen LogP contribution in [0.15, 0.2) is 36.4 Å². The molecule has 0 saturated heterocycles. The lowest BCUT2D eigenvalue weighted by Gasteiger charge is -2.37. The zero-order valence-electron chi connectivity index (χ0n) is 11.0. The van der Waals surface area contributed by atoms with Crippen LogP contribution in [0.2, 0.25) is 0 Å². The molecule has 0 radical (unpaired) electrons. The minimum atomic E-state index is -1.46. The molecule has 0 atom stereocenters. The third-order valence-corrected chi connectivity index (χ3v) is 3.83. The van der Waals surface area contributed by atoms with Crippen molar-refractivity contribution in [1.82, 2.24) is 0 Å². The van der Waals surface area contributed by atoms with Crippen LogP contribution in [0.25, 0.3) is 0 Å². The van der Waals surface area contributed by atoms with E-state index in [0.29, 0.717) is 5.92 Å². The molecule has 1 aliphatic rings. The molecule has 0 aliphatic heterocycles. The highest BCUT2D eigenvalue weighted by Gasteiger charge is 2.30. The zero-order chi connectivity index (χ0) is 15.0. The van der Waals surface area contributed by atoms with Crippen molar-refractivity contribution in [3.05, 3.63) is 65.2 Å². The number of anilines is 1. The van der Waals surface area contributed by atoms with E-state index in [1.165, 1.54) is 12.1 Å². The van der Waals surface area contributed by atoms with E-state index in [1.54, 1.807) is 12.1 Å². The molecule has 1 N–H and O–H groups in total. The SMILES string of the molecule is Fc1ccc(C2CC(Nc3cc(F)c(F)c(F)c3)C2)cc1. The first-order valence-electron chi connectivity index (χ1n) is 6.69. The Bertz CT molecular complexity index is 625. The van der Waals surface area contributed by atoms with Gasteiger partial charge in [0.25, 0.3) is 0 Å². The molecule has 5 heteroatoms. The van der Waals surface area contributed by atoms with Crippen molar-refractivity contribution in [3.63, 3.8) is 0 Å². The van der Waals surface area contributed by atoms with E-state index in [2.05, 4.69) is 5.32 Å². The van der Waals surface area contributed by atoms with E-state index in [0.717, 1.165) is 30.5 Å². The van der Waals surface area contributed by atoms with Crippen LogP contribution in [0, 0.1) is 23.3 Å². The lowest BCUT2D eigenvalue weighted by Crippen LogP contribution is -2.34. The van der Waals surface area contributed by atoms with Gasteiger partial charge in [-0.1, -0.05) is 12.1 Å². The van der Waals surface area contributed by atoms with E-state index < -0.39 is 17.5 Å². The minimum absolute atomic E-state index is 0.0734. The predicted molar refractivity (Wildman–Crippen MR) is 72.1 cm³/mol. The fourth-order valence-electron chi connectivity index (χ4n) is 2.62.